The molecule has 0 aromatic rings. The third-order valence-corrected chi connectivity index (χ3v) is 1.16. The number of hydrogen-bond acceptors (Lipinski definition) is 1. The van der Waals surface area contributed by atoms with Crippen LogP contribution in [0.25, 0.3) is 0 Å². The van der Waals surface area contributed by atoms with Crippen LogP contribution >= 0.6 is 11.6 Å². The molecule has 0 rings (SSSR count). The molecule has 8 heavy (non-hydrogen) atoms. The van der Waals surface area contributed by atoms with Gasteiger partial charge >= 0.3 is 57.0 Å². The van der Waals surface area contributed by atoms with Crippen LogP contribution in [0.1, 0.15) is 6.42 Å². The SMILES string of the molecule is ClCCC[O][Sb].O.O. The molecular formula is C3H10ClO3Sb. The van der Waals surface area contributed by atoms with Crippen LogP contribution in [0.3, 0.4) is 0 Å². The van der Waals surface area contributed by atoms with Gasteiger partial charge in [0.1, 0.15) is 0 Å². The van der Waals surface area contributed by atoms with Crippen LogP contribution in [-0.4, -0.2) is 46.9 Å². The molecular weight excluding hydrogens is 241 g/mol. The summed E-state index contributed by atoms with van der Waals surface area (Å²) in [6, 6.07) is 0. The molecule has 0 aliphatic carbocycles. The Morgan fingerprint density at radius 2 is 1.88 bits per heavy atom. The van der Waals surface area contributed by atoms with E-state index in [0.717, 1.165) is 13.0 Å². The molecule has 0 unspecified atom stereocenters. The first kappa shape index (κ1) is 16.0. The van der Waals surface area contributed by atoms with Gasteiger partial charge in [0.25, 0.3) is 0 Å². The summed E-state index contributed by atoms with van der Waals surface area (Å²) < 4.78 is 4.75. The fourth-order valence-corrected chi connectivity index (χ4v) is 0.597. The molecule has 0 saturated heterocycles. The molecule has 4 N–H and O–H groups in total. The zero-order valence-corrected chi connectivity index (χ0v) is 7.66. The largest absolute Gasteiger partial charge is 0.412 e. The van der Waals surface area contributed by atoms with E-state index >= 15 is 0 Å². The summed E-state index contributed by atoms with van der Waals surface area (Å²) in [5.74, 6) is 0.710. The molecule has 5 heteroatoms. The Hall–Kier alpha value is 0.988. The van der Waals surface area contributed by atoms with Gasteiger partial charge in [0.15, 0.2) is 0 Å². The summed E-state index contributed by atoms with van der Waals surface area (Å²) in [4.78, 5) is 0. The number of alkyl halides is 1. The van der Waals surface area contributed by atoms with Gasteiger partial charge in [-0.25, -0.2) is 0 Å². The predicted molar refractivity (Wildman–Crippen MR) is 34.3 cm³/mol. The average molecular weight is 251 g/mol. The Balaban J connectivity index is -0.000000125. The van der Waals surface area contributed by atoms with Crippen molar-refractivity contribution in [2.24, 2.45) is 0 Å². The van der Waals surface area contributed by atoms with Crippen molar-refractivity contribution in [2.75, 3.05) is 12.5 Å². The molecule has 0 aliphatic heterocycles. The molecule has 0 saturated carbocycles. The van der Waals surface area contributed by atoms with Gasteiger partial charge in [-0.2, -0.15) is 0 Å². The summed E-state index contributed by atoms with van der Waals surface area (Å²) in [5, 5.41) is 0. The Morgan fingerprint density at radius 3 is 2.00 bits per heavy atom. The molecule has 3 nitrogen and oxygen atoms in total. The standard InChI is InChI=1S/C3H6ClO.2H2O.Sb/c4-2-1-3-5;;;/h1-3H2;2*1H2;/q-1;;;+1. The van der Waals surface area contributed by atoms with Crippen LogP contribution in [-0.2, 0) is 3.02 Å². The van der Waals surface area contributed by atoms with Gasteiger partial charge in [0, 0.05) is 0 Å². The third kappa shape index (κ3) is 15.8. The Morgan fingerprint density at radius 1 is 1.38 bits per heavy atom. The van der Waals surface area contributed by atoms with Crippen LogP contribution in [0, 0.1) is 0 Å². The van der Waals surface area contributed by atoms with Gasteiger partial charge in [0.2, 0.25) is 0 Å². The first-order valence-electron chi connectivity index (χ1n) is 1.74. The van der Waals surface area contributed by atoms with E-state index in [9.17, 15) is 0 Å². The van der Waals surface area contributed by atoms with Crippen LogP contribution in [0.4, 0.5) is 0 Å². The van der Waals surface area contributed by atoms with Crippen molar-refractivity contribution < 1.29 is 14.0 Å². The van der Waals surface area contributed by atoms with E-state index in [0.29, 0.717) is 5.88 Å². The van der Waals surface area contributed by atoms with Crippen molar-refractivity contribution in [3.8, 4) is 0 Å². The fraction of sp³-hybridized carbons (Fsp3) is 1.00. The van der Waals surface area contributed by atoms with Crippen LogP contribution in [0.2, 0.25) is 0 Å². The molecule has 0 bridgehead atoms. The van der Waals surface area contributed by atoms with E-state index in [1.54, 1.807) is 0 Å². The van der Waals surface area contributed by atoms with Gasteiger partial charge in [-0.05, 0) is 0 Å². The van der Waals surface area contributed by atoms with Crippen LogP contribution < -0.4 is 0 Å². The predicted octanol–water partition coefficient (Wildman–Crippen LogP) is -0.934. The number of hydrogen-bond donors (Lipinski definition) is 0. The van der Waals surface area contributed by atoms with Gasteiger partial charge in [0.05, 0.1) is 0 Å². The van der Waals surface area contributed by atoms with Gasteiger partial charge in [-0.15, -0.1) is 0 Å². The summed E-state index contributed by atoms with van der Waals surface area (Å²) in [6.07, 6.45) is 0.969. The topological polar surface area (TPSA) is 72.2 Å². The summed E-state index contributed by atoms with van der Waals surface area (Å²) in [5.41, 5.74) is 0. The van der Waals surface area contributed by atoms with Crippen molar-refractivity contribution in [3.63, 3.8) is 0 Å². The summed E-state index contributed by atoms with van der Waals surface area (Å²) in [7, 11) is 0. The zero-order valence-electron chi connectivity index (χ0n) is 4.35. The second kappa shape index (κ2) is 15.7. The number of rotatable bonds is 3. The fourth-order valence-electron chi connectivity index (χ4n) is 0.119. The number of halogens is 1. The van der Waals surface area contributed by atoms with Crippen molar-refractivity contribution in [1.82, 2.24) is 0 Å². The minimum atomic E-state index is 0. The smallest absolute Gasteiger partial charge is 0.412 e. The van der Waals surface area contributed by atoms with Crippen molar-refractivity contribution in [3.05, 3.63) is 0 Å². The van der Waals surface area contributed by atoms with Gasteiger partial charge in [-0.1, -0.05) is 0 Å². The molecule has 0 heterocycles. The molecule has 0 spiro atoms. The van der Waals surface area contributed by atoms with Gasteiger partial charge in [-0.3, -0.25) is 0 Å². The minimum absolute atomic E-state index is 0. The average Bonchev–Trinajstić information content (AvgIpc) is 1.61. The molecule has 0 amide bonds. The molecule has 0 aliphatic rings. The first-order chi connectivity index (χ1) is 2.91. The van der Waals surface area contributed by atoms with E-state index in [-0.39, 0.29) is 11.0 Å². The van der Waals surface area contributed by atoms with E-state index in [1.165, 1.54) is 23.4 Å². The van der Waals surface area contributed by atoms with E-state index in [2.05, 4.69) is 0 Å². The van der Waals surface area contributed by atoms with Crippen molar-refractivity contribution >= 4 is 35.0 Å². The van der Waals surface area contributed by atoms with Gasteiger partial charge < -0.3 is 11.0 Å². The molecule has 2 radical (unpaired) electrons. The quantitative estimate of drug-likeness (QED) is 0.363. The molecule has 0 aromatic heterocycles. The Labute approximate surface area is 68.0 Å². The van der Waals surface area contributed by atoms with Crippen LogP contribution in [0.5, 0.6) is 0 Å². The summed E-state index contributed by atoms with van der Waals surface area (Å²) in [6.45, 7) is 0.803. The molecule has 52 valence electrons. The van der Waals surface area contributed by atoms with Crippen molar-refractivity contribution in [1.29, 1.82) is 0 Å². The monoisotopic (exact) mass is 250 g/mol. The maximum absolute atomic E-state index is 5.31. The van der Waals surface area contributed by atoms with E-state index in [4.69, 9.17) is 14.6 Å². The van der Waals surface area contributed by atoms with Crippen molar-refractivity contribution in [2.45, 2.75) is 6.42 Å². The maximum atomic E-state index is 5.31. The minimum Gasteiger partial charge on any atom is -0.412 e. The second-order valence-corrected chi connectivity index (χ2v) is 1.99. The molecule has 0 aromatic carbocycles. The maximum Gasteiger partial charge on any atom is -0.412 e. The second-order valence-electron chi connectivity index (χ2n) is 0.876. The Bertz CT molecular complexity index is 26.5. The summed E-state index contributed by atoms with van der Waals surface area (Å²) >= 11 is 6.68. The Kier molecular flexibility index (Phi) is 31.3. The third-order valence-electron chi connectivity index (χ3n) is 0.369. The first-order valence-corrected chi connectivity index (χ1v) is 3.32. The normalized spacial score (nSPS) is 6.75. The van der Waals surface area contributed by atoms with Crippen LogP contribution in [0.15, 0.2) is 0 Å². The molecule has 0 atom stereocenters. The zero-order chi connectivity index (χ0) is 4.83. The molecule has 0 fully saturated rings. The van der Waals surface area contributed by atoms with E-state index < -0.39 is 0 Å². The van der Waals surface area contributed by atoms with E-state index in [1.807, 2.05) is 0 Å².